The lowest BCUT2D eigenvalue weighted by molar-refractivity contribution is -0.137. The number of isocyanates is 1. The maximum atomic E-state index is 10.5. The van der Waals surface area contributed by atoms with Crippen molar-refractivity contribution in [1.29, 1.82) is 0 Å². The molecule has 0 saturated heterocycles. The van der Waals surface area contributed by atoms with Crippen LogP contribution in [0.3, 0.4) is 0 Å². The lowest BCUT2D eigenvalue weighted by atomic mass is 10.1. The number of esters is 1. The minimum Gasteiger partial charge on any atom is -0.478 e. The predicted octanol–water partition coefficient (Wildman–Crippen LogP) is 1.13. The number of carboxylic acids is 2. The van der Waals surface area contributed by atoms with Gasteiger partial charge in [-0.3, -0.25) is 0 Å². The molecule has 0 aliphatic rings. The van der Waals surface area contributed by atoms with Crippen molar-refractivity contribution in [2.24, 2.45) is 4.99 Å². The summed E-state index contributed by atoms with van der Waals surface area (Å²) in [6.45, 7) is 3.43. The molecule has 2 N–H and O–H groups in total. The molecule has 0 saturated carbocycles. The smallest absolute Gasteiger partial charge is 0.336 e. The molecule has 1 rings (SSSR count). The maximum Gasteiger partial charge on any atom is 0.336 e. The Hall–Kier alpha value is -3.25. The third-order valence-electron chi connectivity index (χ3n) is 2.07. The van der Waals surface area contributed by atoms with Gasteiger partial charge < -0.3 is 14.9 Å². The normalized spacial score (nSPS) is 8.55. The van der Waals surface area contributed by atoms with Crippen LogP contribution in [0.5, 0.6) is 0 Å². The van der Waals surface area contributed by atoms with E-state index in [1.807, 2.05) is 0 Å². The van der Waals surface area contributed by atoms with Gasteiger partial charge in [-0.2, -0.15) is 0 Å². The molecule has 0 aliphatic carbocycles. The first-order chi connectivity index (χ1) is 10.4. The van der Waals surface area contributed by atoms with Gasteiger partial charge in [0.1, 0.15) is 6.61 Å². The second-order valence-electron chi connectivity index (χ2n) is 3.50. The number of carboxylic acid groups (broad SMARTS) is 2. The highest BCUT2D eigenvalue weighted by molar-refractivity contribution is 6.01. The molecule has 0 aliphatic heterocycles. The maximum absolute atomic E-state index is 10.5. The number of hydrogen-bond acceptors (Lipinski definition) is 6. The van der Waals surface area contributed by atoms with Crippen molar-refractivity contribution in [3.63, 3.8) is 0 Å². The van der Waals surface area contributed by atoms with Crippen LogP contribution in [0.4, 0.5) is 0 Å². The van der Waals surface area contributed by atoms with E-state index in [2.05, 4.69) is 16.3 Å². The molecule has 0 fully saturated rings. The zero-order chi connectivity index (χ0) is 17.0. The van der Waals surface area contributed by atoms with E-state index < -0.39 is 17.9 Å². The molecule has 0 radical (unpaired) electrons. The van der Waals surface area contributed by atoms with E-state index in [-0.39, 0.29) is 24.3 Å². The van der Waals surface area contributed by atoms with Gasteiger partial charge in [0, 0.05) is 6.08 Å². The average Bonchev–Trinajstić information content (AvgIpc) is 2.51. The van der Waals surface area contributed by atoms with E-state index >= 15 is 0 Å². The van der Waals surface area contributed by atoms with E-state index in [9.17, 15) is 19.2 Å². The second kappa shape index (κ2) is 10.5. The summed E-state index contributed by atoms with van der Waals surface area (Å²) in [4.78, 5) is 43.8. The highest BCUT2D eigenvalue weighted by atomic mass is 16.5. The van der Waals surface area contributed by atoms with E-state index in [4.69, 9.17) is 10.2 Å². The molecular weight excluding hydrogens is 294 g/mol. The van der Waals surface area contributed by atoms with Crippen LogP contribution >= 0.6 is 0 Å². The first kappa shape index (κ1) is 18.8. The number of aromatic carboxylic acids is 2. The fraction of sp³-hybridized carbons (Fsp3) is 0.143. The topological polar surface area (TPSA) is 130 Å². The van der Waals surface area contributed by atoms with Crippen molar-refractivity contribution in [2.45, 2.75) is 0 Å². The molecule has 0 unspecified atom stereocenters. The van der Waals surface area contributed by atoms with Gasteiger partial charge in [-0.1, -0.05) is 18.7 Å². The molecule has 1 aromatic carbocycles. The largest absolute Gasteiger partial charge is 0.478 e. The van der Waals surface area contributed by atoms with E-state index in [1.54, 1.807) is 0 Å². The summed E-state index contributed by atoms with van der Waals surface area (Å²) >= 11 is 0. The molecule has 0 amide bonds. The van der Waals surface area contributed by atoms with Gasteiger partial charge in [-0.15, -0.1) is 0 Å². The van der Waals surface area contributed by atoms with Crippen molar-refractivity contribution < 1.29 is 34.1 Å². The van der Waals surface area contributed by atoms with Crippen LogP contribution in [0.15, 0.2) is 41.9 Å². The standard InChI is InChI=1S/C8H6O4.C6H7NO3/c9-7(10)5-3-1-2-4-6(5)8(11)12;1-2-6(9)10-4-3-7-5-8/h1-4H,(H,9,10)(H,11,12);2H,1,3-4H2. The summed E-state index contributed by atoms with van der Waals surface area (Å²) in [6, 6.07) is 5.48. The van der Waals surface area contributed by atoms with Crippen molar-refractivity contribution in [1.82, 2.24) is 0 Å². The lowest BCUT2D eigenvalue weighted by Gasteiger charge is -1.98. The highest BCUT2D eigenvalue weighted by Crippen LogP contribution is 2.07. The fourth-order valence-corrected chi connectivity index (χ4v) is 1.15. The summed E-state index contributed by atoms with van der Waals surface area (Å²) in [5, 5.41) is 17.1. The van der Waals surface area contributed by atoms with Crippen LogP contribution in [-0.4, -0.2) is 47.4 Å². The Bertz CT molecular complexity index is 570. The molecule has 8 heteroatoms. The zero-order valence-electron chi connectivity index (χ0n) is 11.4. The summed E-state index contributed by atoms with van der Waals surface area (Å²) in [5.74, 6) is -2.97. The van der Waals surface area contributed by atoms with E-state index in [0.717, 1.165) is 6.08 Å². The third kappa shape index (κ3) is 7.37. The quantitative estimate of drug-likeness (QED) is 0.265. The average molecular weight is 307 g/mol. The summed E-state index contributed by atoms with van der Waals surface area (Å²) in [7, 11) is 0. The van der Waals surface area contributed by atoms with Crippen molar-refractivity contribution >= 4 is 24.0 Å². The van der Waals surface area contributed by atoms with Gasteiger partial charge in [-0.05, 0) is 12.1 Å². The number of ether oxygens (including phenoxy) is 1. The number of benzene rings is 1. The Morgan fingerprint density at radius 2 is 1.68 bits per heavy atom. The number of aliphatic imine (C=N–C) groups is 1. The predicted molar refractivity (Wildman–Crippen MR) is 74.5 cm³/mol. The third-order valence-corrected chi connectivity index (χ3v) is 2.07. The van der Waals surface area contributed by atoms with Crippen LogP contribution in [-0.2, 0) is 14.3 Å². The van der Waals surface area contributed by atoms with Gasteiger partial charge in [0.05, 0.1) is 17.7 Å². The lowest BCUT2D eigenvalue weighted by Crippen LogP contribution is -2.06. The van der Waals surface area contributed by atoms with Gasteiger partial charge in [0.25, 0.3) is 0 Å². The molecule has 8 nitrogen and oxygen atoms in total. The van der Waals surface area contributed by atoms with E-state index in [0.29, 0.717) is 0 Å². The Balaban J connectivity index is 0.000000409. The Kier molecular flexibility index (Phi) is 8.97. The Morgan fingerprint density at radius 1 is 1.18 bits per heavy atom. The van der Waals surface area contributed by atoms with Gasteiger partial charge in [0.2, 0.25) is 6.08 Å². The highest BCUT2D eigenvalue weighted by Gasteiger charge is 2.13. The number of rotatable bonds is 6. The van der Waals surface area contributed by atoms with Crippen LogP contribution in [0.2, 0.25) is 0 Å². The number of hydrogen-bond donors (Lipinski definition) is 2. The number of carbonyl (C=O) groups excluding carboxylic acids is 2. The molecule has 1 aromatic rings. The van der Waals surface area contributed by atoms with Crippen molar-refractivity contribution in [2.75, 3.05) is 13.2 Å². The molecule has 0 spiro atoms. The zero-order valence-corrected chi connectivity index (χ0v) is 11.4. The second-order valence-corrected chi connectivity index (χ2v) is 3.50. The van der Waals surface area contributed by atoms with Crippen molar-refractivity contribution in [3.05, 3.63) is 48.0 Å². The van der Waals surface area contributed by atoms with Crippen LogP contribution in [0, 0.1) is 0 Å². The molecule has 22 heavy (non-hydrogen) atoms. The minimum absolute atomic E-state index is 0.0973. The number of carbonyl (C=O) groups is 3. The number of nitrogens with zero attached hydrogens (tertiary/aromatic N) is 1. The Labute approximate surface area is 125 Å². The first-order valence-electron chi connectivity index (χ1n) is 5.82. The minimum atomic E-state index is -1.23. The van der Waals surface area contributed by atoms with Gasteiger partial charge in [0.15, 0.2) is 0 Å². The molecule has 0 aromatic heterocycles. The summed E-state index contributed by atoms with van der Waals surface area (Å²) in [5.41, 5.74) is -0.380. The molecule has 116 valence electrons. The molecule has 0 atom stereocenters. The van der Waals surface area contributed by atoms with Crippen molar-refractivity contribution in [3.8, 4) is 0 Å². The summed E-state index contributed by atoms with van der Waals surface area (Å²) in [6.07, 6.45) is 2.36. The van der Waals surface area contributed by atoms with Crippen LogP contribution < -0.4 is 0 Å². The monoisotopic (exact) mass is 307 g/mol. The summed E-state index contributed by atoms with van der Waals surface area (Å²) < 4.78 is 4.46. The first-order valence-corrected chi connectivity index (χ1v) is 5.82. The Morgan fingerprint density at radius 3 is 2.05 bits per heavy atom. The van der Waals surface area contributed by atoms with Crippen LogP contribution in [0.1, 0.15) is 20.7 Å². The van der Waals surface area contributed by atoms with Crippen LogP contribution in [0.25, 0.3) is 0 Å². The molecule has 0 heterocycles. The SMILES string of the molecule is C=CC(=O)OCCN=C=O.O=C(O)c1ccccc1C(=O)O. The van der Waals surface area contributed by atoms with Gasteiger partial charge in [-0.25, -0.2) is 24.2 Å². The fourth-order valence-electron chi connectivity index (χ4n) is 1.15. The molecular formula is C14H13NO7. The van der Waals surface area contributed by atoms with E-state index in [1.165, 1.54) is 30.3 Å². The van der Waals surface area contributed by atoms with Gasteiger partial charge >= 0.3 is 17.9 Å². The molecule has 0 bridgehead atoms.